The molecule has 1 aliphatic carbocycles. The Balaban J connectivity index is 1.82. The number of para-hydroxylation sites is 1. The van der Waals surface area contributed by atoms with Crippen LogP contribution in [0.1, 0.15) is 24.8 Å². The molecule has 1 amide bonds. The Kier molecular flexibility index (Phi) is 3.73. The summed E-state index contributed by atoms with van der Waals surface area (Å²) < 4.78 is 0. The molecule has 0 saturated heterocycles. The summed E-state index contributed by atoms with van der Waals surface area (Å²) in [5, 5.41) is 14.9. The van der Waals surface area contributed by atoms with Crippen molar-refractivity contribution in [3.8, 4) is 6.07 Å². The second-order valence-corrected chi connectivity index (χ2v) is 4.18. The molecule has 1 aromatic rings. The van der Waals surface area contributed by atoms with Crippen molar-refractivity contribution in [1.29, 1.82) is 5.26 Å². The summed E-state index contributed by atoms with van der Waals surface area (Å²) in [4.78, 5) is 11.6. The average Bonchev–Trinajstić information content (AvgIpc) is 3.14. The van der Waals surface area contributed by atoms with Crippen molar-refractivity contribution in [2.75, 3.05) is 11.9 Å². The zero-order valence-electron chi connectivity index (χ0n) is 9.57. The van der Waals surface area contributed by atoms with E-state index >= 15 is 0 Å². The fraction of sp³-hybridized carbons (Fsp3) is 0.385. The van der Waals surface area contributed by atoms with E-state index in [2.05, 4.69) is 16.7 Å². The van der Waals surface area contributed by atoms with Gasteiger partial charge in [-0.25, -0.2) is 0 Å². The Morgan fingerprint density at radius 3 is 2.88 bits per heavy atom. The van der Waals surface area contributed by atoms with Gasteiger partial charge in [-0.2, -0.15) is 5.26 Å². The van der Waals surface area contributed by atoms with Crippen LogP contribution in [0.15, 0.2) is 24.3 Å². The minimum Gasteiger partial charge on any atom is -0.325 e. The number of nitrogens with one attached hydrogen (secondary N) is 2. The number of nitrogens with zero attached hydrogens (tertiary/aromatic N) is 1. The summed E-state index contributed by atoms with van der Waals surface area (Å²) in [5.74, 6) is -0.0548. The monoisotopic (exact) mass is 229 g/mol. The number of hydrogen-bond acceptors (Lipinski definition) is 3. The third-order valence-corrected chi connectivity index (χ3v) is 2.68. The van der Waals surface area contributed by atoms with E-state index in [9.17, 15) is 4.79 Å². The van der Waals surface area contributed by atoms with Crippen LogP contribution in [0.25, 0.3) is 0 Å². The Bertz CT molecular complexity index is 446. The first kappa shape index (κ1) is 11.6. The van der Waals surface area contributed by atoms with Gasteiger partial charge in [-0.15, -0.1) is 0 Å². The fourth-order valence-electron chi connectivity index (χ4n) is 1.58. The molecule has 2 N–H and O–H groups in total. The van der Waals surface area contributed by atoms with E-state index in [4.69, 9.17) is 5.26 Å². The Hall–Kier alpha value is -1.86. The Morgan fingerprint density at radius 1 is 1.41 bits per heavy atom. The van der Waals surface area contributed by atoms with Crippen molar-refractivity contribution in [2.45, 2.75) is 25.3 Å². The van der Waals surface area contributed by atoms with Crippen LogP contribution in [-0.2, 0) is 4.79 Å². The van der Waals surface area contributed by atoms with Crippen molar-refractivity contribution in [3.05, 3.63) is 29.8 Å². The lowest BCUT2D eigenvalue weighted by Crippen LogP contribution is -2.23. The smallest absolute Gasteiger partial charge is 0.225 e. The van der Waals surface area contributed by atoms with Gasteiger partial charge < -0.3 is 10.6 Å². The lowest BCUT2D eigenvalue weighted by atomic mass is 10.2. The molecular weight excluding hydrogens is 214 g/mol. The maximum absolute atomic E-state index is 11.6. The van der Waals surface area contributed by atoms with Crippen molar-refractivity contribution in [2.24, 2.45) is 0 Å². The van der Waals surface area contributed by atoms with Crippen LogP contribution in [0.5, 0.6) is 0 Å². The topological polar surface area (TPSA) is 64.9 Å². The van der Waals surface area contributed by atoms with Crippen molar-refractivity contribution in [3.63, 3.8) is 0 Å². The minimum absolute atomic E-state index is 0.0548. The van der Waals surface area contributed by atoms with Gasteiger partial charge in [0.15, 0.2) is 0 Å². The average molecular weight is 229 g/mol. The molecule has 0 radical (unpaired) electrons. The van der Waals surface area contributed by atoms with Crippen molar-refractivity contribution in [1.82, 2.24) is 5.32 Å². The number of nitriles is 1. The number of carbonyl (C=O) groups is 1. The van der Waals surface area contributed by atoms with Crippen LogP contribution in [0.3, 0.4) is 0 Å². The number of carbonyl (C=O) groups excluding carboxylic acids is 1. The largest absolute Gasteiger partial charge is 0.325 e. The SMILES string of the molecule is N#Cc1ccccc1NC(=O)CCNC1CC1. The summed E-state index contributed by atoms with van der Waals surface area (Å²) in [6, 6.07) is 9.69. The van der Waals surface area contributed by atoms with Crippen LogP contribution >= 0.6 is 0 Å². The number of benzene rings is 1. The van der Waals surface area contributed by atoms with E-state index in [-0.39, 0.29) is 5.91 Å². The zero-order chi connectivity index (χ0) is 12.1. The van der Waals surface area contributed by atoms with Gasteiger partial charge in [-0.3, -0.25) is 4.79 Å². The van der Waals surface area contributed by atoms with Crippen LogP contribution in [0, 0.1) is 11.3 Å². The molecule has 1 fully saturated rings. The lowest BCUT2D eigenvalue weighted by Gasteiger charge is -2.07. The van der Waals surface area contributed by atoms with E-state index in [0.717, 1.165) is 0 Å². The minimum atomic E-state index is -0.0548. The normalized spacial score (nSPS) is 14.1. The number of amides is 1. The molecule has 1 saturated carbocycles. The molecule has 4 heteroatoms. The highest BCUT2D eigenvalue weighted by molar-refractivity contribution is 5.92. The molecule has 0 aliphatic heterocycles. The third-order valence-electron chi connectivity index (χ3n) is 2.68. The maximum atomic E-state index is 11.6. The summed E-state index contributed by atoms with van der Waals surface area (Å²) in [6.07, 6.45) is 2.88. The van der Waals surface area contributed by atoms with Gasteiger partial charge >= 0.3 is 0 Å². The summed E-state index contributed by atoms with van der Waals surface area (Å²) >= 11 is 0. The van der Waals surface area contributed by atoms with Gasteiger partial charge in [0.05, 0.1) is 11.3 Å². The molecule has 2 rings (SSSR count). The number of rotatable bonds is 5. The van der Waals surface area contributed by atoms with E-state index in [1.165, 1.54) is 12.8 Å². The highest BCUT2D eigenvalue weighted by Crippen LogP contribution is 2.18. The fourth-order valence-corrected chi connectivity index (χ4v) is 1.58. The first-order valence-electron chi connectivity index (χ1n) is 5.82. The molecule has 0 aromatic heterocycles. The molecule has 0 heterocycles. The molecule has 1 aliphatic rings. The van der Waals surface area contributed by atoms with Gasteiger partial charge in [0, 0.05) is 19.0 Å². The molecule has 17 heavy (non-hydrogen) atoms. The molecule has 0 bridgehead atoms. The van der Waals surface area contributed by atoms with E-state index in [1.54, 1.807) is 24.3 Å². The first-order chi connectivity index (χ1) is 8.29. The zero-order valence-corrected chi connectivity index (χ0v) is 9.57. The number of hydrogen-bond donors (Lipinski definition) is 2. The standard InChI is InChI=1S/C13H15N3O/c14-9-10-3-1-2-4-12(10)16-13(17)7-8-15-11-5-6-11/h1-4,11,15H,5-8H2,(H,16,17). The van der Waals surface area contributed by atoms with Crippen LogP contribution in [-0.4, -0.2) is 18.5 Å². The molecular formula is C13H15N3O. The first-order valence-corrected chi connectivity index (χ1v) is 5.82. The van der Waals surface area contributed by atoms with Crippen molar-refractivity contribution >= 4 is 11.6 Å². The van der Waals surface area contributed by atoms with Crippen molar-refractivity contribution < 1.29 is 4.79 Å². The van der Waals surface area contributed by atoms with Gasteiger partial charge in [0.25, 0.3) is 0 Å². The van der Waals surface area contributed by atoms with E-state index < -0.39 is 0 Å². The second kappa shape index (κ2) is 5.46. The molecule has 88 valence electrons. The van der Waals surface area contributed by atoms with E-state index in [1.807, 2.05) is 0 Å². The van der Waals surface area contributed by atoms with Crippen LogP contribution < -0.4 is 10.6 Å². The Morgan fingerprint density at radius 2 is 2.18 bits per heavy atom. The van der Waals surface area contributed by atoms with Crippen LogP contribution in [0.2, 0.25) is 0 Å². The number of anilines is 1. The Labute approximate surface area is 101 Å². The molecule has 0 unspecified atom stereocenters. The highest BCUT2D eigenvalue weighted by atomic mass is 16.1. The van der Waals surface area contributed by atoms with Crippen LogP contribution in [0.4, 0.5) is 5.69 Å². The summed E-state index contributed by atoms with van der Waals surface area (Å²) in [7, 11) is 0. The van der Waals surface area contributed by atoms with Gasteiger partial charge in [-0.05, 0) is 25.0 Å². The van der Waals surface area contributed by atoms with E-state index in [0.29, 0.717) is 30.3 Å². The quantitative estimate of drug-likeness (QED) is 0.806. The molecule has 0 atom stereocenters. The van der Waals surface area contributed by atoms with Gasteiger partial charge in [-0.1, -0.05) is 12.1 Å². The predicted octanol–water partition coefficient (Wildman–Crippen LogP) is 1.64. The molecule has 0 spiro atoms. The second-order valence-electron chi connectivity index (χ2n) is 4.18. The summed E-state index contributed by atoms with van der Waals surface area (Å²) in [5.41, 5.74) is 1.09. The lowest BCUT2D eigenvalue weighted by molar-refractivity contribution is -0.116. The maximum Gasteiger partial charge on any atom is 0.225 e. The highest BCUT2D eigenvalue weighted by Gasteiger charge is 2.20. The third kappa shape index (κ3) is 3.58. The van der Waals surface area contributed by atoms with Gasteiger partial charge in [0.2, 0.25) is 5.91 Å². The molecule has 1 aromatic carbocycles. The van der Waals surface area contributed by atoms with Gasteiger partial charge in [0.1, 0.15) is 6.07 Å². The summed E-state index contributed by atoms with van der Waals surface area (Å²) in [6.45, 7) is 0.700. The molecule has 4 nitrogen and oxygen atoms in total. The predicted molar refractivity (Wildman–Crippen MR) is 65.4 cm³/mol.